The fourth-order valence-electron chi connectivity index (χ4n) is 11.7. The zero-order valence-electron chi connectivity index (χ0n) is 25.9. The Labute approximate surface area is 247 Å². The normalized spacial score (nSPS) is 46.9. The zero-order valence-corrected chi connectivity index (χ0v) is 27.7. The Morgan fingerprint density at radius 2 is 1.71 bits per heavy atom. The van der Waals surface area contributed by atoms with E-state index in [0.29, 0.717) is 30.1 Å². The number of hydrogen-bond donors (Lipinski definition) is 0. The molecule has 4 fully saturated rings. The summed E-state index contributed by atoms with van der Waals surface area (Å²) in [5, 5.41) is 0. The van der Waals surface area contributed by atoms with Gasteiger partial charge in [-0.2, -0.15) is 13.2 Å². The number of carbonyl (C=O) groups excluding carboxylic acids is 1. The highest BCUT2D eigenvalue weighted by Gasteiger charge is 2.71. The molecule has 11 atom stereocenters. The number of carbonyl (C=O) groups is 1. The van der Waals surface area contributed by atoms with Gasteiger partial charge in [0.25, 0.3) is 0 Å². The van der Waals surface area contributed by atoms with Crippen LogP contribution in [0.4, 0.5) is 13.2 Å². The molecule has 0 spiro atoms. The van der Waals surface area contributed by atoms with E-state index in [0.717, 1.165) is 57.8 Å². The summed E-state index contributed by atoms with van der Waals surface area (Å²) < 4.78 is 63.8. The highest BCUT2D eigenvalue weighted by Crippen LogP contribution is 2.77. The fraction of sp³-hybridized carbons (Fsp3) is 0.875. The van der Waals surface area contributed by atoms with Crippen molar-refractivity contribution in [2.75, 3.05) is 6.66 Å². The van der Waals surface area contributed by atoms with E-state index in [-0.39, 0.29) is 48.1 Å². The second-order valence-electron chi connectivity index (χ2n) is 15.3. The summed E-state index contributed by atoms with van der Waals surface area (Å²) in [7, 11) is -4.55. The molecule has 0 aliphatic heterocycles. The van der Waals surface area contributed by atoms with E-state index in [1.807, 2.05) is 20.5 Å². The summed E-state index contributed by atoms with van der Waals surface area (Å²) in [4.78, 5) is 13.6. The van der Waals surface area contributed by atoms with E-state index in [4.69, 9.17) is 8.71 Å². The second kappa shape index (κ2) is 9.88. The molecule has 3 unspecified atom stereocenters. The standard InChI is InChI=1S/C32H50F3O4PS/c1-9-20-12-17-31(26(36)38-40-7)19-18-29(5)21(25(20)31)10-11-23-28(4)15-14-24(39-41(8,37)32(33,34)35)27(2,3)22(28)13-16-30(23,29)6/h14,20-23,25,40H,8-13,15-19H2,1-7H3/t20-,21?,22+,23-,25-,28+,29-,30-,31+,41?/m1/s1. The maximum atomic E-state index is 13.6. The summed E-state index contributed by atoms with van der Waals surface area (Å²) in [6.07, 6.45) is 11.5. The molecule has 41 heavy (non-hydrogen) atoms. The highest BCUT2D eigenvalue weighted by atomic mass is 32.2. The Bertz CT molecular complexity index is 1210. The molecule has 0 N–H and O–H groups in total. The van der Waals surface area contributed by atoms with Gasteiger partial charge in [-0.15, -0.1) is 0 Å². The van der Waals surface area contributed by atoms with Crippen LogP contribution in [-0.4, -0.2) is 28.2 Å². The van der Waals surface area contributed by atoms with Gasteiger partial charge in [0.05, 0.1) is 14.2 Å². The summed E-state index contributed by atoms with van der Waals surface area (Å²) in [6, 6.07) is 0. The molecule has 5 aliphatic carbocycles. The van der Waals surface area contributed by atoms with Gasteiger partial charge in [-0.25, -0.2) is 4.21 Å². The van der Waals surface area contributed by atoms with Crippen molar-refractivity contribution in [1.29, 1.82) is 0 Å². The van der Waals surface area contributed by atoms with Crippen LogP contribution in [0.5, 0.6) is 0 Å². The van der Waals surface area contributed by atoms with E-state index < -0.39 is 20.7 Å². The average Bonchev–Trinajstić information content (AvgIpc) is 3.26. The lowest BCUT2D eigenvalue weighted by Crippen LogP contribution is -2.66. The number of hydrogen-bond acceptors (Lipinski definition) is 4. The molecule has 4 nitrogen and oxygen atoms in total. The quantitative estimate of drug-likeness (QED) is 0.228. The number of alkyl halides is 3. The lowest BCUT2D eigenvalue weighted by Gasteiger charge is -2.72. The third kappa shape index (κ3) is 4.25. The largest absolute Gasteiger partial charge is 0.496 e. The van der Waals surface area contributed by atoms with Gasteiger partial charge < -0.3 is 8.71 Å². The van der Waals surface area contributed by atoms with E-state index >= 15 is 0 Å². The molecule has 5 rings (SSSR count). The number of rotatable bonds is 5. The second-order valence-corrected chi connectivity index (χ2v) is 17.8. The van der Waals surface area contributed by atoms with Gasteiger partial charge in [0.2, 0.25) is 9.80 Å². The first-order valence-corrected chi connectivity index (χ1v) is 18.6. The predicted octanol–water partition coefficient (Wildman–Crippen LogP) is 8.91. The van der Waals surface area contributed by atoms with Crippen molar-refractivity contribution in [3.63, 3.8) is 0 Å². The minimum Gasteiger partial charge on any atom is -0.448 e. The Hall–Kier alpha value is -0.750. The van der Waals surface area contributed by atoms with Crippen LogP contribution in [0, 0.1) is 56.7 Å². The Morgan fingerprint density at radius 1 is 1.02 bits per heavy atom. The average molecular weight is 619 g/mol. The smallest absolute Gasteiger partial charge is 0.448 e. The molecule has 0 radical (unpaired) electrons. The molecular weight excluding hydrogens is 568 g/mol. The lowest BCUT2D eigenvalue weighted by molar-refractivity contribution is -0.231. The van der Waals surface area contributed by atoms with E-state index in [9.17, 15) is 22.2 Å². The molecule has 0 heterocycles. The third-order valence-corrected chi connectivity index (χ3v) is 15.3. The highest BCUT2D eigenvalue weighted by molar-refractivity contribution is 7.96. The molecule has 234 valence electrons. The van der Waals surface area contributed by atoms with Crippen LogP contribution in [0.3, 0.4) is 0 Å². The molecule has 0 aromatic heterocycles. The first kappa shape index (κ1) is 31.7. The zero-order chi connectivity index (χ0) is 30.4. The van der Waals surface area contributed by atoms with Gasteiger partial charge in [-0.1, -0.05) is 48.0 Å². The van der Waals surface area contributed by atoms with E-state index in [1.165, 1.54) is 0 Å². The van der Waals surface area contributed by atoms with Crippen LogP contribution in [0.1, 0.15) is 106 Å². The SMILES string of the molecule is C=S(=O)(OC1=CC[C@]2(C)[C@H]3CCC4[C@H]5[C@H](CC)CC[C@]5(C(=O)OPC)CC[C@@]4(C)[C@]3(C)CC[C@H]2C1(C)C)C(F)(F)F. The van der Waals surface area contributed by atoms with E-state index in [1.54, 1.807) is 6.08 Å². The molecule has 0 aromatic rings. The molecule has 4 saturated carbocycles. The summed E-state index contributed by atoms with van der Waals surface area (Å²) >= 11 is 0. The first-order valence-electron chi connectivity index (χ1n) is 15.6. The lowest BCUT2D eigenvalue weighted by atomic mass is 9.32. The van der Waals surface area contributed by atoms with Crippen molar-refractivity contribution in [1.82, 2.24) is 0 Å². The summed E-state index contributed by atoms with van der Waals surface area (Å²) in [6.45, 7) is 15.5. The van der Waals surface area contributed by atoms with Crippen LogP contribution in [-0.2, 0) is 23.3 Å². The molecule has 9 heteroatoms. The van der Waals surface area contributed by atoms with Gasteiger partial charge in [-0.3, -0.25) is 4.79 Å². The van der Waals surface area contributed by atoms with Crippen LogP contribution in [0.2, 0.25) is 0 Å². The molecule has 5 aliphatic rings. The van der Waals surface area contributed by atoms with Crippen LogP contribution in [0.15, 0.2) is 11.8 Å². The molecule has 0 bridgehead atoms. The van der Waals surface area contributed by atoms with Gasteiger partial charge in [0.1, 0.15) is 5.76 Å². The molecular formula is C32H50F3O4PS. The Balaban J connectivity index is 1.50. The maximum Gasteiger partial charge on any atom is 0.496 e. The van der Waals surface area contributed by atoms with Crippen molar-refractivity contribution in [2.24, 2.45) is 56.7 Å². The van der Waals surface area contributed by atoms with Crippen molar-refractivity contribution in [3.8, 4) is 0 Å². The monoisotopic (exact) mass is 618 g/mol. The predicted molar refractivity (Wildman–Crippen MR) is 161 cm³/mol. The van der Waals surface area contributed by atoms with Gasteiger partial charge in [-0.05, 0) is 122 Å². The van der Waals surface area contributed by atoms with Gasteiger partial charge >= 0.3 is 11.5 Å². The molecule has 0 amide bonds. The minimum atomic E-state index is -5.01. The third-order valence-electron chi connectivity index (χ3n) is 13.8. The Morgan fingerprint density at radius 3 is 2.32 bits per heavy atom. The van der Waals surface area contributed by atoms with Crippen molar-refractivity contribution < 1.29 is 30.9 Å². The summed E-state index contributed by atoms with van der Waals surface area (Å²) in [5.74, 6) is 5.01. The van der Waals surface area contributed by atoms with Gasteiger partial charge in [0.15, 0.2) is 0 Å². The molecule has 0 aromatic carbocycles. The molecule has 0 saturated heterocycles. The number of allylic oxidation sites excluding steroid dienone is 2. The van der Waals surface area contributed by atoms with E-state index in [2.05, 4.69) is 33.6 Å². The topological polar surface area (TPSA) is 52.6 Å². The van der Waals surface area contributed by atoms with Crippen LogP contribution >= 0.6 is 8.81 Å². The number of halogens is 3. The van der Waals surface area contributed by atoms with Crippen molar-refractivity contribution in [3.05, 3.63) is 11.8 Å². The summed E-state index contributed by atoms with van der Waals surface area (Å²) in [5.41, 5.74) is -6.04. The van der Waals surface area contributed by atoms with Crippen LogP contribution in [0.25, 0.3) is 0 Å². The Kier molecular flexibility index (Phi) is 7.63. The number of fused-ring (bicyclic) bond motifs is 7. The van der Waals surface area contributed by atoms with Crippen molar-refractivity contribution in [2.45, 2.75) is 111 Å². The first-order chi connectivity index (χ1) is 18.9. The fourth-order valence-corrected chi connectivity index (χ4v) is 12.7. The maximum absolute atomic E-state index is 13.6. The minimum absolute atomic E-state index is 0.0387. The van der Waals surface area contributed by atoms with Crippen LogP contribution < -0.4 is 0 Å². The van der Waals surface area contributed by atoms with Gasteiger partial charge in [0, 0.05) is 5.41 Å². The van der Waals surface area contributed by atoms with Crippen molar-refractivity contribution >= 4 is 30.4 Å².